The Bertz CT molecular complexity index is 970. The minimum absolute atomic E-state index is 0.0465. The largest absolute Gasteiger partial charge is 0.493 e. The van der Waals surface area contributed by atoms with Crippen LogP contribution in [0.1, 0.15) is 23.9 Å². The van der Waals surface area contributed by atoms with Gasteiger partial charge >= 0.3 is 0 Å². The molecule has 0 unspecified atom stereocenters. The number of ether oxygens (including phenoxy) is 2. The molecule has 0 aliphatic carbocycles. The summed E-state index contributed by atoms with van der Waals surface area (Å²) in [6.45, 7) is 5.77. The molecule has 3 aromatic rings. The second kappa shape index (κ2) is 6.03. The summed E-state index contributed by atoms with van der Waals surface area (Å²) in [7, 11) is 3.20. The molecule has 0 atom stereocenters. The van der Waals surface area contributed by atoms with Crippen molar-refractivity contribution in [2.45, 2.75) is 27.2 Å². The van der Waals surface area contributed by atoms with E-state index in [9.17, 15) is 4.79 Å². The molecule has 0 bridgehead atoms. The SMILES string of the molecule is CCc1c(C)nc2c(-c3ccc(OC)c(OC)c3)c(C)[nH]n2c1=O. The Kier molecular flexibility index (Phi) is 4.05. The molecule has 0 radical (unpaired) electrons. The van der Waals surface area contributed by atoms with E-state index >= 15 is 0 Å². The molecule has 0 spiro atoms. The van der Waals surface area contributed by atoms with Gasteiger partial charge in [-0.25, -0.2) is 9.50 Å². The van der Waals surface area contributed by atoms with Crippen LogP contribution in [-0.2, 0) is 6.42 Å². The molecule has 3 rings (SSSR count). The third kappa shape index (κ3) is 2.35. The minimum Gasteiger partial charge on any atom is -0.493 e. The molecule has 1 N–H and O–H groups in total. The second-order valence-electron chi connectivity index (χ2n) is 5.68. The highest BCUT2D eigenvalue weighted by Crippen LogP contribution is 2.34. The zero-order chi connectivity index (χ0) is 17.4. The van der Waals surface area contributed by atoms with Gasteiger partial charge in [-0.05, 0) is 38.0 Å². The lowest BCUT2D eigenvalue weighted by molar-refractivity contribution is 0.355. The van der Waals surface area contributed by atoms with Gasteiger partial charge in [-0.15, -0.1) is 0 Å². The topological polar surface area (TPSA) is 68.6 Å². The lowest BCUT2D eigenvalue weighted by atomic mass is 10.1. The summed E-state index contributed by atoms with van der Waals surface area (Å²) in [6, 6.07) is 5.68. The fourth-order valence-electron chi connectivity index (χ4n) is 3.07. The van der Waals surface area contributed by atoms with Gasteiger partial charge < -0.3 is 9.47 Å². The maximum Gasteiger partial charge on any atom is 0.276 e. The van der Waals surface area contributed by atoms with Crippen molar-refractivity contribution in [1.29, 1.82) is 0 Å². The van der Waals surface area contributed by atoms with Crippen LogP contribution in [-0.4, -0.2) is 28.8 Å². The number of aromatic nitrogens is 3. The third-order valence-corrected chi connectivity index (χ3v) is 4.29. The van der Waals surface area contributed by atoms with Crippen molar-refractivity contribution in [3.8, 4) is 22.6 Å². The van der Waals surface area contributed by atoms with E-state index in [-0.39, 0.29) is 5.56 Å². The molecule has 2 heterocycles. The van der Waals surface area contributed by atoms with Crippen molar-refractivity contribution < 1.29 is 9.47 Å². The monoisotopic (exact) mass is 327 g/mol. The summed E-state index contributed by atoms with van der Waals surface area (Å²) in [6.07, 6.45) is 0.657. The zero-order valence-corrected chi connectivity index (χ0v) is 14.6. The molecule has 6 heteroatoms. The fourth-order valence-corrected chi connectivity index (χ4v) is 3.07. The first-order valence-electron chi connectivity index (χ1n) is 7.85. The zero-order valence-electron chi connectivity index (χ0n) is 14.6. The van der Waals surface area contributed by atoms with Crippen molar-refractivity contribution in [3.63, 3.8) is 0 Å². The van der Waals surface area contributed by atoms with Gasteiger partial charge in [0, 0.05) is 22.5 Å². The van der Waals surface area contributed by atoms with Crippen LogP contribution in [0.4, 0.5) is 0 Å². The maximum absolute atomic E-state index is 12.6. The maximum atomic E-state index is 12.6. The van der Waals surface area contributed by atoms with Crippen molar-refractivity contribution >= 4 is 5.65 Å². The number of hydrogen-bond acceptors (Lipinski definition) is 4. The van der Waals surface area contributed by atoms with Crippen LogP contribution in [0.15, 0.2) is 23.0 Å². The number of rotatable bonds is 4. The van der Waals surface area contributed by atoms with Crippen LogP contribution >= 0.6 is 0 Å². The summed E-state index contributed by atoms with van der Waals surface area (Å²) in [5.41, 5.74) is 4.75. The summed E-state index contributed by atoms with van der Waals surface area (Å²) >= 11 is 0. The average Bonchev–Trinajstić information content (AvgIpc) is 2.91. The Morgan fingerprint density at radius 1 is 1.17 bits per heavy atom. The van der Waals surface area contributed by atoms with E-state index in [1.165, 1.54) is 4.52 Å². The molecule has 0 amide bonds. The number of nitrogens with one attached hydrogen (secondary N) is 1. The number of hydrogen-bond donors (Lipinski definition) is 1. The number of methoxy groups -OCH3 is 2. The molecule has 0 saturated heterocycles. The summed E-state index contributed by atoms with van der Waals surface area (Å²) in [5, 5.41) is 3.13. The minimum atomic E-state index is -0.0465. The Labute approximate surface area is 140 Å². The smallest absolute Gasteiger partial charge is 0.276 e. The summed E-state index contributed by atoms with van der Waals surface area (Å²) in [4.78, 5) is 17.3. The Morgan fingerprint density at radius 2 is 1.88 bits per heavy atom. The van der Waals surface area contributed by atoms with Gasteiger partial charge in [0.25, 0.3) is 5.56 Å². The Morgan fingerprint density at radius 3 is 2.50 bits per heavy atom. The van der Waals surface area contributed by atoms with E-state index in [2.05, 4.69) is 10.1 Å². The molecule has 6 nitrogen and oxygen atoms in total. The summed E-state index contributed by atoms with van der Waals surface area (Å²) in [5.74, 6) is 1.30. The first kappa shape index (κ1) is 16.1. The molecule has 0 aliphatic rings. The molecule has 0 saturated carbocycles. The Hall–Kier alpha value is -2.76. The molecule has 24 heavy (non-hydrogen) atoms. The molecule has 2 aromatic heterocycles. The first-order chi connectivity index (χ1) is 11.5. The molecular formula is C18H21N3O3. The van der Waals surface area contributed by atoms with Crippen LogP contribution in [0.5, 0.6) is 11.5 Å². The van der Waals surface area contributed by atoms with E-state index in [0.717, 1.165) is 28.1 Å². The second-order valence-corrected chi connectivity index (χ2v) is 5.68. The van der Waals surface area contributed by atoms with E-state index in [1.54, 1.807) is 14.2 Å². The standard InChI is InChI=1S/C18H21N3O3/c1-6-13-10(2)19-17-16(11(3)20-21(17)18(13)22)12-7-8-14(23-4)15(9-12)24-5/h7-9,20H,6H2,1-5H3. The number of nitrogens with zero attached hydrogens (tertiary/aromatic N) is 2. The predicted octanol–water partition coefficient (Wildman–Crippen LogP) is 2.89. The van der Waals surface area contributed by atoms with Crippen molar-refractivity contribution in [3.05, 3.63) is 45.5 Å². The van der Waals surface area contributed by atoms with E-state index in [1.807, 2.05) is 39.0 Å². The van der Waals surface area contributed by atoms with Crippen molar-refractivity contribution in [2.24, 2.45) is 0 Å². The third-order valence-electron chi connectivity index (χ3n) is 4.29. The van der Waals surface area contributed by atoms with Gasteiger partial charge in [-0.1, -0.05) is 13.0 Å². The summed E-state index contributed by atoms with van der Waals surface area (Å²) < 4.78 is 12.2. The predicted molar refractivity (Wildman–Crippen MR) is 93.2 cm³/mol. The van der Waals surface area contributed by atoms with Crippen molar-refractivity contribution in [1.82, 2.24) is 14.6 Å². The lowest BCUT2D eigenvalue weighted by Gasteiger charge is -2.10. The van der Waals surface area contributed by atoms with Crippen LogP contribution in [0.2, 0.25) is 0 Å². The van der Waals surface area contributed by atoms with Crippen LogP contribution in [0.25, 0.3) is 16.8 Å². The van der Waals surface area contributed by atoms with Gasteiger partial charge in [-0.3, -0.25) is 9.89 Å². The highest BCUT2D eigenvalue weighted by atomic mass is 16.5. The van der Waals surface area contributed by atoms with Gasteiger partial charge in [0.1, 0.15) is 0 Å². The van der Waals surface area contributed by atoms with Crippen molar-refractivity contribution in [2.75, 3.05) is 14.2 Å². The quantitative estimate of drug-likeness (QED) is 0.800. The number of aromatic amines is 1. The van der Waals surface area contributed by atoms with E-state index < -0.39 is 0 Å². The van der Waals surface area contributed by atoms with Crippen LogP contribution in [0.3, 0.4) is 0 Å². The van der Waals surface area contributed by atoms with Gasteiger partial charge in [0.2, 0.25) is 0 Å². The highest BCUT2D eigenvalue weighted by molar-refractivity contribution is 5.81. The number of H-pyrrole nitrogens is 1. The highest BCUT2D eigenvalue weighted by Gasteiger charge is 2.18. The fraction of sp³-hybridized carbons (Fsp3) is 0.333. The van der Waals surface area contributed by atoms with Crippen LogP contribution < -0.4 is 15.0 Å². The Balaban J connectivity index is 2.31. The van der Waals surface area contributed by atoms with E-state index in [0.29, 0.717) is 23.6 Å². The molecule has 1 aromatic carbocycles. The normalized spacial score (nSPS) is 11.0. The molecular weight excluding hydrogens is 306 g/mol. The number of aryl methyl sites for hydroxylation is 2. The number of fused-ring (bicyclic) bond motifs is 1. The molecule has 126 valence electrons. The van der Waals surface area contributed by atoms with Gasteiger partial charge in [0.15, 0.2) is 17.1 Å². The average molecular weight is 327 g/mol. The van der Waals surface area contributed by atoms with Crippen LogP contribution in [0, 0.1) is 13.8 Å². The molecule has 0 fully saturated rings. The first-order valence-corrected chi connectivity index (χ1v) is 7.85. The van der Waals surface area contributed by atoms with Gasteiger partial charge in [-0.2, -0.15) is 0 Å². The van der Waals surface area contributed by atoms with Gasteiger partial charge in [0.05, 0.1) is 14.2 Å². The lowest BCUT2D eigenvalue weighted by Crippen LogP contribution is -2.21. The molecule has 0 aliphatic heterocycles. The van der Waals surface area contributed by atoms with E-state index in [4.69, 9.17) is 9.47 Å². The number of benzene rings is 1.